The summed E-state index contributed by atoms with van der Waals surface area (Å²) in [6.07, 6.45) is 5.17. The van der Waals surface area contributed by atoms with Gasteiger partial charge in [-0.2, -0.15) is 5.10 Å². The summed E-state index contributed by atoms with van der Waals surface area (Å²) in [6.45, 7) is 12.5. The normalized spacial score (nSPS) is 11.2. The molecule has 0 fully saturated rings. The Balaban J connectivity index is 0. The topological polar surface area (TPSA) is 56.2 Å². The molecule has 0 aliphatic heterocycles. The van der Waals surface area contributed by atoms with Crippen molar-refractivity contribution in [2.24, 2.45) is 23.7 Å². The van der Waals surface area contributed by atoms with E-state index in [1.54, 1.807) is 7.05 Å². The van der Waals surface area contributed by atoms with Crippen molar-refractivity contribution < 1.29 is 0 Å². The Morgan fingerprint density at radius 2 is 1.85 bits per heavy atom. The van der Waals surface area contributed by atoms with E-state index < -0.39 is 0 Å². The zero-order valence-electron chi connectivity index (χ0n) is 14.4. The first kappa shape index (κ1) is 20.7. The van der Waals surface area contributed by atoms with Crippen molar-refractivity contribution in [2.75, 3.05) is 7.05 Å². The van der Waals surface area contributed by atoms with Crippen LogP contribution in [-0.4, -0.2) is 22.5 Å². The maximum Gasteiger partial charge on any atom is 0.0492 e. The third kappa shape index (κ3) is 8.51. The fraction of sp³-hybridized carbons (Fsp3) is 0.625. The molecule has 0 amide bonds. The van der Waals surface area contributed by atoms with Crippen LogP contribution in [0.4, 0.5) is 0 Å². The number of aromatic nitrogens is 2. The van der Waals surface area contributed by atoms with Gasteiger partial charge < -0.3 is 5.73 Å². The van der Waals surface area contributed by atoms with E-state index in [1.165, 1.54) is 11.9 Å². The lowest BCUT2D eigenvalue weighted by atomic mass is 10.1. The van der Waals surface area contributed by atoms with E-state index in [-0.39, 0.29) is 0 Å². The van der Waals surface area contributed by atoms with Gasteiger partial charge in [0.2, 0.25) is 0 Å². The van der Waals surface area contributed by atoms with E-state index in [9.17, 15) is 0 Å². The standard InChI is InChI=1S/C7H12N2.C7H14N2.C2H6/c1-6(2)7-4-5-8-9(7)3;1-6(2)7(9-3)4-5-8;1-2/h4-6H,1-3H3;4-6H,8H2,1-3H3;1-2H3/b;5-4-,9-7?;. The fourth-order valence-electron chi connectivity index (χ4n) is 1.57. The highest BCUT2D eigenvalue weighted by Crippen LogP contribution is 2.10. The number of aryl methyl sites for hydroxylation is 1. The summed E-state index contributed by atoms with van der Waals surface area (Å²) in [4.78, 5) is 4.03. The van der Waals surface area contributed by atoms with Crippen LogP contribution in [-0.2, 0) is 7.05 Å². The predicted octanol–water partition coefficient (Wildman–Crippen LogP) is 3.76. The number of hydrogen-bond donors (Lipinski definition) is 1. The molecule has 0 atom stereocenters. The lowest BCUT2D eigenvalue weighted by Crippen LogP contribution is -2.03. The lowest BCUT2D eigenvalue weighted by molar-refractivity contribution is 0.669. The van der Waals surface area contributed by atoms with Crippen LogP contribution in [0.15, 0.2) is 29.5 Å². The summed E-state index contributed by atoms with van der Waals surface area (Å²) in [6, 6.07) is 2.05. The second-order valence-corrected chi connectivity index (χ2v) is 4.70. The molecule has 0 aliphatic rings. The molecule has 0 aromatic carbocycles. The van der Waals surface area contributed by atoms with Crippen LogP contribution >= 0.6 is 0 Å². The number of allylic oxidation sites excluding steroid dienone is 1. The fourth-order valence-corrected chi connectivity index (χ4v) is 1.57. The van der Waals surface area contributed by atoms with Gasteiger partial charge in [-0.25, -0.2) is 0 Å². The van der Waals surface area contributed by atoms with Gasteiger partial charge in [0.05, 0.1) is 0 Å². The summed E-state index contributed by atoms with van der Waals surface area (Å²) in [7, 11) is 3.74. The van der Waals surface area contributed by atoms with E-state index in [4.69, 9.17) is 5.73 Å². The van der Waals surface area contributed by atoms with Gasteiger partial charge >= 0.3 is 0 Å². The molecule has 0 unspecified atom stereocenters. The molecule has 0 saturated heterocycles. The number of nitrogens with zero attached hydrogens (tertiary/aromatic N) is 3. The van der Waals surface area contributed by atoms with Crippen LogP contribution in [0.3, 0.4) is 0 Å². The van der Waals surface area contributed by atoms with E-state index in [0.717, 1.165) is 5.71 Å². The molecule has 20 heavy (non-hydrogen) atoms. The third-order valence-corrected chi connectivity index (χ3v) is 2.57. The molecule has 4 nitrogen and oxygen atoms in total. The largest absolute Gasteiger partial charge is 0.405 e. The average molecular weight is 280 g/mol. The Morgan fingerprint density at radius 1 is 1.30 bits per heavy atom. The van der Waals surface area contributed by atoms with Crippen LogP contribution < -0.4 is 5.73 Å². The van der Waals surface area contributed by atoms with Crippen molar-refractivity contribution in [1.29, 1.82) is 0 Å². The summed E-state index contributed by atoms with van der Waals surface area (Å²) in [5.74, 6) is 1.05. The maximum atomic E-state index is 5.18. The van der Waals surface area contributed by atoms with E-state index in [0.29, 0.717) is 11.8 Å². The molecule has 1 heterocycles. The van der Waals surface area contributed by atoms with Gasteiger partial charge in [-0.05, 0) is 30.2 Å². The second kappa shape index (κ2) is 12.5. The first-order chi connectivity index (χ1) is 9.43. The molecule has 0 saturated carbocycles. The minimum absolute atomic E-state index is 0.467. The summed E-state index contributed by atoms with van der Waals surface area (Å²) in [5.41, 5.74) is 7.51. The van der Waals surface area contributed by atoms with Crippen molar-refractivity contribution in [2.45, 2.75) is 47.5 Å². The zero-order valence-corrected chi connectivity index (χ0v) is 14.4. The van der Waals surface area contributed by atoms with Crippen molar-refractivity contribution >= 4 is 5.71 Å². The van der Waals surface area contributed by atoms with Crippen LogP contribution in [0, 0.1) is 5.92 Å². The lowest BCUT2D eigenvalue weighted by Gasteiger charge is -2.02. The minimum Gasteiger partial charge on any atom is -0.405 e. The Bertz CT molecular complexity index is 387. The Kier molecular flexibility index (Phi) is 12.9. The van der Waals surface area contributed by atoms with Crippen molar-refractivity contribution in [3.63, 3.8) is 0 Å². The average Bonchev–Trinajstić information content (AvgIpc) is 2.85. The van der Waals surface area contributed by atoms with Crippen LogP contribution in [0.1, 0.15) is 53.2 Å². The van der Waals surface area contributed by atoms with E-state index >= 15 is 0 Å². The predicted molar refractivity (Wildman–Crippen MR) is 90.2 cm³/mol. The first-order valence-electron chi connectivity index (χ1n) is 7.26. The molecule has 0 bridgehead atoms. The molecule has 1 aromatic rings. The van der Waals surface area contributed by atoms with E-state index in [2.05, 4.69) is 37.8 Å². The quantitative estimate of drug-likeness (QED) is 0.857. The van der Waals surface area contributed by atoms with Crippen LogP contribution in [0.25, 0.3) is 0 Å². The molecule has 1 rings (SSSR count). The molecule has 2 N–H and O–H groups in total. The number of nitrogens with two attached hydrogens (primary N) is 1. The maximum absolute atomic E-state index is 5.18. The molecule has 0 aliphatic carbocycles. The highest BCUT2D eigenvalue weighted by molar-refractivity contribution is 5.96. The molecule has 0 radical (unpaired) electrons. The molecule has 1 aromatic heterocycles. The Hall–Kier alpha value is -1.58. The molecular weight excluding hydrogens is 248 g/mol. The van der Waals surface area contributed by atoms with Gasteiger partial charge in [0.1, 0.15) is 0 Å². The summed E-state index contributed by atoms with van der Waals surface area (Å²) in [5, 5.41) is 4.05. The van der Waals surface area contributed by atoms with Gasteiger partial charge in [-0.1, -0.05) is 41.5 Å². The number of rotatable bonds is 3. The Labute approximate surface area is 124 Å². The van der Waals surface area contributed by atoms with Gasteiger partial charge in [0, 0.05) is 31.7 Å². The minimum atomic E-state index is 0.467. The van der Waals surface area contributed by atoms with Crippen LogP contribution in [0.2, 0.25) is 0 Å². The summed E-state index contributed by atoms with van der Waals surface area (Å²) >= 11 is 0. The van der Waals surface area contributed by atoms with Crippen molar-refractivity contribution in [3.8, 4) is 0 Å². The van der Waals surface area contributed by atoms with Crippen molar-refractivity contribution in [1.82, 2.24) is 9.78 Å². The SMILES string of the molecule is CC.CC(C)c1ccnn1C.CN=C(/C=C\N)C(C)C. The van der Waals surface area contributed by atoms with Crippen molar-refractivity contribution in [3.05, 3.63) is 30.2 Å². The molecular formula is C16H32N4. The van der Waals surface area contributed by atoms with Gasteiger partial charge in [0.15, 0.2) is 0 Å². The third-order valence-electron chi connectivity index (χ3n) is 2.57. The first-order valence-corrected chi connectivity index (χ1v) is 7.26. The van der Waals surface area contributed by atoms with Crippen LogP contribution in [0.5, 0.6) is 0 Å². The van der Waals surface area contributed by atoms with Gasteiger partial charge in [-0.3, -0.25) is 9.67 Å². The molecule has 0 spiro atoms. The molecule has 116 valence electrons. The highest BCUT2D eigenvalue weighted by Gasteiger charge is 2.00. The summed E-state index contributed by atoms with van der Waals surface area (Å²) < 4.78 is 1.91. The van der Waals surface area contributed by atoms with E-state index in [1.807, 2.05) is 43.9 Å². The van der Waals surface area contributed by atoms with Gasteiger partial charge in [0.25, 0.3) is 0 Å². The zero-order chi connectivity index (χ0) is 16.1. The second-order valence-electron chi connectivity index (χ2n) is 4.70. The number of hydrogen-bond acceptors (Lipinski definition) is 3. The monoisotopic (exact) mass is 280 g/mol. The molecule has 4 heteroatoms. The highest BCUT2D eigenvalue weighted by atomic mass is 15.3. The Morgan fingerprint density at radius 3 is 2.00 bits per heavy atom. The van der Waals surface area contributed by atoms with Gasteiger partial charge in [-0.15, -0.1) is 0 Å². The number of aliphatic imine (C=N–C) groups is 1. The smallest absolute Gasteiger partial charge is 0.0492 e.